The Balaban J connectivity index is 2.03. The van der Waals surface area contributed by atoms with Gasteiger partial charge < -0.3 is 4.90 Å². The molecule has 126 valence electrons. The van der Waals surface area contributed by atoms with Crippen LogP contribution < -0.4 is 0 Å². The van der Waals surface area contributed by atoms with Crippen molar-refractivity contribution in [2.24, 2.45) is 0 Å². The Hall–Kier alpha value is -3.01. The van der Waals surface area contributed by atoms with E-state index in [4.69, 9.17) is 0 Å². The van der Waals surface area contributed by atoms with Crippen LogP contribution in [0, 0.1) is 11.6 Å². The van der Waals surface area contributed by atoms with Crippen molar-refractivity contribution in [3.8, 4) is 0 Å². The minimum Gasteiger partial charge on any atom is -0.330 e. The van der Waals surface area contributed by atoms with E-state index in [1.165, 1.54) is 29.2 Å². The predicted octanol–water partition coefficient (Wildman–Crippen LogP) is 4.83. The van der Waals surface area contributed by atoms with Crippen molar-refractivity contribution in [2.75, 3.05) is 7.05 Å². The summed E-state index contributed by atoms with van der Waals surface area (Å²) in [5, 5.41) is 0. The molecule has 0 saturated heterocycles. The van der Waals surface area contributed by atoms with Gasteiger partial charge in [0.25, 0.3) is 5.91 Å². The van der Waals surface area contributed by atoms with Crippen molar-refractivity contribution in [3.63, 3.8) is 0 Å². The molecule has 1 amide bonds. The average molecular weight is 337 g/mol. The van der Waals surface area contributed by atoms with Crippen molar-refractivity contribution in [1.82, 2.24) is 4.90 Å². The molecule has 0 spiro atoms. The van der Waals surface area contributed by atoms with Gasteiger partial charge >= 0.3 is 0 Å². The van der Waals surface area contributed by atoms with Crippen LogP contribution in [0.15, 0.2) is 78.9 Å². The molecule has 0 heterocycles. The van der Waals surface area contributed by atoms with E-state index in [1.807, 2.05) is 30.3 Å². The van der Waals surface area contributed by atoms with Crippen LogP contribution in [-0.2, 0) is 0 Å². The van der Waals surface area contributed by atoms with Crippen LogP contribution in [0.3, 0.4) is 0 Å². The number of benzene rings is 3. The third-order valence-corrected chi connectivity index (χ3v) is 4.11. The zero-order valence-corrected chi connectivity index (χ0v) is 13.7. The van der Waals surface area contributed by atoms with E-state index in [9.17, 15) is 13.6 Å². The number of hydrogen-bond acceptors (Lipinski definition) is 1. The molecule has 0 fully saturated rings. The number of nitrogens with zero attached hydrogens (tertiary/aromatic N) is 1. The average Bonchev–Trinajstić information content (AvgIpc) is 2.64. The summed E-state index contributed by atoms with van der Waals surface area (Å²) >= 11 is 0. The molecule has 25 heavy (non-hydrogen) atoms. The molecule has 4 heteroatoms. The molecule has 3 aromatic rings. The second-order valence-electron chi connectivity index (χ2n) is 5.76. The van der Waals surface area contributed by atoms with Crippen LogP contribution in [0.4, 0.5) is 8.78 Å². The van der Waals surface area contributed by atoms with Gasteiger partial charge in [-0.15, -0.1) is 0 Å². The van der Waals surface area contributed by atoms with Gasteiger partial charge in [-0.1, -0.05) is 54.6 Å². The van der Waals surface area contributed by atoms with Gasteiger partial charge in [0.05, 0.1) is 11.6 Å². The summed E-state index contributed by atoms with van der Waals surface area (Å²) in [4.78, 5) is 14.3. The second kappa shape index (κ2) is 7.26. The molecule has 0 radical (unpaired) electrons. The highest BCUT2D eigenvalue weighted by atomic mass is 19.1. The van der Waals surface area contributed by atoms with Crippen LogP contribution in [0.5, 0.6) is 0 Å². The number of carbonyl (C=O) groups excluding carboxylic acids is 1. The van der Waals surface area contributed by atoms with Crippen molar-refractivity contribution >= 4 is 5.91 Å². The summed E-state index contributed by atoms with van der Waals surface area (Å²) in [5.41, 5.74) is 1.62. The quantitative estimate of drug-likeness (QED) is 0.668. The van der Waals surface area contributed by atoms with Crippen molar-refractivity contribution in [2.45, 2.75) is 6.04 Å². The molecule has 0 aliphatic carbocycles. The van der Waals surface area contributed by atoms with Crippen LogP contribution in [-0.4, -0.2) is 17.9 Å². The molecular weight excluding hydrogens is 320 g/mol. The Kier molecular flexibility index (Phi) is 4.89. The molecule has 0 N–H and O–H groups in total. The lowest BCUT2D eigenvalue weighted by molar-refractivity contribution is 0.0750. The molecular formula is C21H17F2NO. The molecule has 2 nitrogen and oxygen atoms in total. The third kappa shape index (κ3) is 3.58. The Morgan fingerprint density at radius 1 is 0.800 bits per heavy atom. The SMILES string of the molecule is CN(C(=O)c1ccccc1F)C(c1ccccc1)c1ccc(F)cc1. The van der Waals surface area contributed by atoms with E-state index >= 15 is 0 Å². The molecule has 0 aliphatic heterocycles. The molecule has 0 aromatic heterocycles. The molecule has 0 aliphatic rings. The fourth-order valence-corrected chi connectivity index (χ4v) is 2.86. The van der Waals surface area contributed by atoms with E-state index < -0.39 is 17.8 Å². The predicted molar refractivity (Wildman–Crippen MR) is 93.2 cm³/mol. The van der Waals surface area contributed by atoms with Gasteiger partial charge in [0.1, 0.15) is 11.6 Å². The van der Waals surface area contributed by atoms with Gasteiger partial charge in [0, 0.05) is 7.05 Å². The Labute approximate surface area is 145 Å². The normalized spacial score (nSPS) is 11.8. The van der Waals surface area contributed by atoms with Crippen molar-refractivity contribution in [1.29, 1.82) is 0 Å². The third-order valence-electron chi connectivity index (χ3n) is 4.11. The first-order valence-electron chi connectivity index (χ1n) is 7.90. The lowest BCUT2D eigenvalue weighted by Gasteiger charge is -2.29. The summed E-state index contributed by atoms with van der Waals surface area (Å²) in [7, 11) is 1.62. The largest absolute Gasteiger partial charge is 0.330 e. The number of rotatable bonds is 4. The molecule has 0 saturated carbocycles. The lowest BCUT2D eigenvalue weighted by Crippen LogP contribution is -2.32. The van der Waals surface area contributed by atoms with Crippen LogP contribution in [0.2, 0.25) is 0 Å². The number of amides is 1. The van der Waals surface area contributed by atoms with Gasteiger partial charge in [0.2, 0.25) is 0 Å². The highest BCUT2D eigenvalue weighted by Gasteiger charge is 2.25. The topological polar surface area (TPSA) is 20.3 Å². The minimum absolute atomic E-state index is 0.00745. The zero-order chi connectivity index (χ0) is 17.8. The standard InChI is InChI=1S/C21H17F2NO/c1-24(21(25)18-9-5-6-10-19(18)23)20(15-7-3-2-4-8-15)16-11-13-17(22)14-12-16/h2-14,20H,1H3. The maximum Gasteiger partial charge on any atom is 0.257 e. The van der Waals surface area contributed by atoms with Crippen LogP contribution in [0.25, 0.3) is 0 Å². The summed E-state index contributed by atoms with van der Waals surface area (Å²) in [5.74, 6) is -1.35. The van der Waals surface area contributed by atoms with Crippen molar-refractivity contribution in [3.05, 3.63) is 107 Å². The lowest BCUT2D eigenvalue weighted by atomic mass is 9.96. The zero-order valence-electron chi connectivity index (χ0n) is 13.7. The van der Waals surface area contributed by atoms with Crippen LogP contribution in [0.1, 0.15) is 27.5 Å². The smallest absolute Gasteiger partial charge is 0.257 e. The van der Waals surface area contributed by atoms with E-state index in [0.29, 0.717) is 0 Å². The second-order valence-corrected chi connectivity index (χ2v) is 5.76. The molecule has 1 unspecified atom stereocenters. The van der Waals surface area contributed by atoms with Gasteiger partial charge in [-0.3, -0.25) is 4.79 Å². The maximum atomic E-state index is 14.0. The van der Waals surface area contributed by atoms with Gasteiger partial charge in [-0.25, -0.2) is 8.78 Å². The van der Waals surface area contributed by atoms with Crippen LogP contribution >= 0.6 is 0 Å². The monoisotopic (exact) mass is 337 g/mol. The summed E-state index contributed by atoms with van der Waals surface area (Å²) in [6.07, 6.45) is 0. The highest BCUT2D eigenvalue weighted by molar-refractivity contribution is 5.94. The fourth-order valence-electron chi connectivity index (χ4n) is 2.86. The summed E-state index contributed by atoms with van der Waals surface area (Å²) in [6, 6.07) is 20.8. The maximum absolute atomic E-state index is 14.0. The fraction of sp³-hybridized carbons (Fsp3) is 0.0952. The van der Waals surface area contributed by atoms with E-state index in [0.717, 1.165) is 11.1 Å². The first-order chi connectivity index (χ1) is 12.1. The Morgan fingerprint density at radius 3 is 2.00 bits per heavy atom. The Morgan fingerprint density at radius 2 is 1.36 bits per heavy atom. The summed E-state index contributed by atoms with van der Waals surface area (Å²) < 4.78 is 27.3. The number of carbonyl (C=O) groups is 1. The number of halogens is 2. The van der Waals surface area contributed by atoms with Gasteiger partial charge in [0.15, 0.2) is 0 Å². The van der Waals surface area contributed by atoms with E-state index in [1.54, 1.807) is 31.3 Å². The van der Waals surface area contributed by atoms with Gasteiger partial charge in [-0.05, 0) is 35.4 Å². The van der Waals surface area contributed by atoms with E-state index in [-0.39, 0.29) is 11.4 Å². The minimum atomic E-state index is -0.565. The first kappa shape index (κ1) is 16.8. The van der Waals surface area contributed by atoms with E-state index in [2.05, 4.69) is 0 Å². The first-order valence-corrected chi connectivity index (χ1v) is 7.90. The Bertz CT molecular complexity index is 863. The number of hydrogen-bond donors (Lipinski definition) is 0. The highest BCUT2D eigenvalue weighted by Crippen LogP contribution is 2.29. The summed E-state index contributed by atoms with van der Waals surface area (Å²) in [6.45, 7) is 0. The molecule has 0 bridgehead atoms. The molecule has 1 atom stereocenters. The molecule has 3 aromatic carbocycles. The van der Waals surface area contributed by atoms with Crippen molar-refractivity contribution < 1.29 is 13.6 Å². The van der Waals surface area contributed by atoms with Gasteiger partial charge in [-0.2, -0.15) is 0 Å². The molecule has 3 rings (SSSR count).